The van der Waals surface area contributed by atoms with Gasteiger partial charge in [-0.25, -0.2) is 0 Å². The molecule has 1 unspecified atom stereocenters. The largest absolute Gasteiger partial charge is 0.508 e. The van der Waals surface area contributed by atoms with Crippen LogP contribution in [0.15, 0.2) is 90.3 Å². The van der Waals surface area contributed by atoms with Gasteiger partial charge in [0, 0.05) is 29.2 Å². The molecule has 6 nitrogen and oxygen atoms in total. The number of aliphatic hydroxyl groups is 1. The summed E-state index contributed by atoms with van der Waals surface area (Å²) in [6, 6.07) is 20.7. The minimum Gasteiger partial charge on any atom is -0.508 e. The highest BCUT2D eigenvalue weighted by Gasteiger charge is 2.43. The van der Waals surface area contributed by atoms with Gasteiger partial charge in [0.2, 0.25) is 0 Å². The monoisotopic (exact) mass is 452 g/mol. The molecule has 3 aromatic carbocycles. The summed E-state index contributed by atoms with van der Waals surface area (Å²) < 4.78 is 0. The molecule has 1 aliphatic rings. The minimum atomic E-state index is -0.729. The van der Waals surface area contributed by atoms with Gasteiger partial charge in [0.25, 0.3) is 5.91 Å². The number of hydrogen-bond donors (Lipinski definition) is 3. The van der Waals surface area contributed by atoms with Crippen molar-refractivity contribution >= 4 is 22.6 Å². The maximum absolute atomic E-state index is 13.4. The molecule has 0 aliphatic carbocycles. The average Bonchev–Trinajstić information content (AvgIpc) is 3.36. The van der Waals surface area contributed by atoms with Crippen LogP contribution in [0.4, 0.5) is 0 Å². The summed E-state index contributed by atoms with van der Waals surface area (Å²) in [5.41, 5.74) is 4.10. The van der Waals surface area contributed by atoms with E-state index in [1.807, 2.05) is 61.7 Å². The number of para-hydroxylation sites is 1. The van der Waals surface area contributed by atoms with E-state index in [0.717, 1.165) is 27.6 Å². The van der Waals surface area contributed by atoms with Crippen LogP contribution in [-0.4, -0.2) is 38.3 Å². The summed E-state index contributed by atoms with van der Waals surface area (Å²) >= 11 is 0. The van der Waals surface area contributed by atoms with E-state index in [1.54, 1.807) is 17.0 Å². The van der Waals surface area contributed by atoms with Crippen LogP contribution in [0.2, 0.25) is 0 Å². The zero-order valence-corrected chi connectivity index (χ0v) is 18.7. The molecule has 0 bridgehead atoms. The molecule has 1 aliphatic heterocycles. The van der Waals surface area contributed by atoms with Crippen molar-refractivity contribution in [2.75, 3.05) is 6.54 Å². The van der Waals surface area contributed by atoms with E-state index in [2.05, 4.69) is 4.98 Å². The van der Waals surface area contributed by atoms with Crippen molar-refractivity contribution in [3.8, 4) is 5.75 Å². The maximum Gasteiger partial charge on any atom is 0.290 e. The molecular formula is C28H24N2O4. The third-order valence-corrected chi connectivity index (χ3v) is 6.35. The van der Waals surface area contributed by atoms with Crippen LogP contribution in [0.5, 0.6) is 5.75 Å². The Bertz CT molecular complexity index is 1430. The number of Topliss-reactive ketones (excluding diaryl/α,β-unsaturated/α-hetero) is 1. The Kier molecular flexibility index (Phi) is 5.42. The number of aliphatic hydroxyl groups excluding tert-OH is 1. The van der Waals surface area contributed by atoms with Gasteiger partial charge in [-0.1, -0.05) is 60.2 Å². The molecule has 0 fully saturated rings. The van der Waals surface area contributed by atoms with E-state index in [9.17, 15) is 19.8 Å². The number of aromatic amines is 1. The molecule has 0 radical (unpaired) electrons. The molecule has 1 aromatic heterocycles. The number of nitrogens with one attached hydrogen (secondary N) is 1. The molecular weight excluding hydrogens is 428 g/mol. The second-order valence-electron chi connectivity index (χ2n) is 8.56. The number of amides is 1. The van der Waals surface area contributed by atoms with Crippen LogP contribution in [0, 0.1) is 6.92 Å². The Hall–Kier alpha value is -4.32. The fraction of sp³-hybridized carbons (Fsp3) is 0.143. The van der Waals surface area contributed by atoms with E-state index in [1.165, 1.54) is 12.1 Å². The predicted octanol–water partition coefficient (Wildman–Crippen LogP) is 5.00. The lowest BCUT2D eigenvalue weighted by atomic mass is 9.92. The average molecular weight is 453 g/mol. The lowest BCUT2D eigenvalue weighted by Gasteiger charge is -2.27. The first-order valence-corrected chi connectivity index (χ1v) is 11.1. The Balaban J connectivity index is 1.52. The van der Waals surface area contributed by atoms with Crippen molar-refractivity contribution in [1.82, 2.24) is 9.88 Å². The normalized spacial score (nSPS) is 16.0. The number of aromatic hydroxyl groups is 1. The fourth-order valence-corrected chi connectivity index (χ4v) is 4.59. The van der Waals surface area contributed by atoms with Gasteiger partial charge in [-0.2, -0.15) is 0 Å². The van der Waals surface area contributed by atoms with Crippen molar-refractivity contribution < 1.29 is 19.8 Å². The summed E-state index contributed by atoms with van der Waals surface area (Å²) in [4.78, 5) is 31.4. The van der Waals surface area contributed by atoms with Crippen LogP contribution >= 0.6 is 0 Å². The minimum absolute atomic E-state index is 0.0263. The summed E-state index contributed by atoms with van der Waals surface area (Å²) in [6.45, 7) is 2.28. The van der Waals surface area contributed by atoms with Crippen molar-refractivity contribution in [3.05, 3.63) is 113 Å². The van der Waals surface area contributed by atoms with Crippen LogP contribution < -0.4 is 0 Å². The van der Waals surface area contributed by atoms with E-state index < -0.39 is 23.5 Å². The summed E-state index contributed by atoms with van der Waals surface area (Å²) in [5, 5.41) is 21.8. The zero-order valence-electron chi connectivity index (χ0n) is 18.7. The van der Waals surface area contributed by atoms with Crippen molar-refractivity contribution in [2.45, 2.75) is 19.4 Å². The SMILES string of the molecule is Cc1ccc(C2C(C(=O)c3cccc(O)c3)=C(O)C(=O)N2CCc2c[nH]c3ccccc23)cc1. The van der Waals surface area contributed by atoms with Gasteiger partial charge < -0.3 is 20.1 Å². The highest BCUT2D eigenvalue weighted by molar-refractivity contribution is 6.16. The molecule has 1 amide bonds. The molecule has 6 heteroatoms. The van der Waals surface area contributed by atoms with Crippen molar-refractivity contribution in [3.63, 3.8) is 0 Å². The van der Waals surface area contributed by atoms with Gasteiger partial charge in [0.05, 0.1) is 11.6 Å². The van der Waals surface area contributed by atoms with Crippen molar-refractivity contribution in [1.29, 1.82) is 0 Å². The molecule has 1 atom stereocenters. The number of benzene rings is 3. The fourth-order valence-electron chi connectivity index (χ4n) is 4.59. The van der Waals surface area contributed by atoms with Gasteiger partial charge in [-0.3, -0.25) is 9.59 Å². The van der Waals surface area contributed by atoms with Crippen LogP contribution in [0.3, 0.4) is 0 Å². The molecule has 34 heavy (non-hydrogen) atoms. The number of carbonyl (C=O) groups is 2. The number of ketones is 1. The summed E-state index contributed by atoms with van der Waals surface area (Å²) in [5.74, 6) is -1.66. The van der Waals surface area contributed by atoms with Crippen LogP contribution in [0.25, 0.3) is 10.9 Å². The third-order valence-electron chi connectivity index (χ3n) is 6.35. The first kappa shape index (κ1) is 21.5. The number of aromatic nitrogens is 1. The molecule has 0 saturated carbocycles. The van der Waals surface area contributed by atoms with E-state index in [0.29, 0.717) is 13.0 Å². The lowest BCUT2D eigenvalue weighted by Crippen LogP contribution is -2.33. The quantitative estimate of drug-likeness (QED) is 0.359. The number of phenols is 1. The molecule has 3 N–H and O–H groups in total. The Labute approximate surface area is 196 Å². The van der Waals surface area contributed by atoms with E-state index in [4.69, 9.17) is 0 Å². The van der Waals surface area contributed by atoms with Crippen LogP contribution in [0.1, 0.15) is 33.1 Å². The molecule has 4 aromatic rings. The first-order valence-electron chi connectivity index (χ1n) is 11.1. The topological polar surface area (TPSA) is 93.6 Å². The molecule has 0 saturated heterocycles. The van der Waals surface area contributed by atoms with E-state index >= 15 is 0 Å². The summed E-state index contributed by atoms with van der Waals surface area (Å²) in [7, 11) is 0. The molecule has 170 valence electrons. The number of fused-ring (bicyclic) bond motifs is 1. The number of H-pyrrole nitrogens is 1. The second-order valence-corrected chi connectivity index (χ2v) is 8.56. The summed E-state index contributed by atoms with van der Waals surface area (Å²) in [6.07, 6.45) is 2.48. The standard InChI is InChI=1S/C28H24N2O4/c1-17-9-11-18(12-10-17)25-24(26(32)19-5-4-6-21(31)15-19)27(33)28(34)30(25)14-13-20-16-29-23-8-3-2-7-22(20)23/h2-12,15-16,25,29,31,33H,13-14H2,1H3. The zero-order chi connectivity index (χ0) is 23.8. The Morgan fingerprint density at radius 1 is 1.00 bits per heavy atom. The third kappa shape index (κ3) is 3.73. The van der Waals surface area contributed by atoms with Gasteiger partial charge in [0.15, 0.2) is 11.5 Å². The van der Waals surface area contributed by atoms with Crippen LogP contribution in [-0.2, 0) is 11.2 Å². The maximum atomic E-state index is 13.4. The Morgan fingerprint density at radius 2 is 1.76 bits per heavy atom. The van der Waals surface area contributed by atoms with Gasteiger partial charge in [-0.15, -0.1) is 0 Å². The number of carbonyl (C=O) groups excluding carboxylic acids is 2. The number of hydrogen-bond acceptors (Lipinski definition) is 4. The number of phenolic OH excluding ortho intramolecular Hbond substituents is 1. The van der Waals surface area contributed by atoms with Gasteiger partial charge in [-0.05, 0) is 42.7 Å². The highest BCUT2D eigenvalue weighted by Crippen LogP contribution is 2.39. The predicted molar refractivity (Wildman–Crippen MR) is 130 cm³/mol. The smallest absolute Gasteiger partial charge is 0.290 e. The highest BCUT2D eigenvalue weighted by atomic mass is 16.3. The number of aryl methyl sites for hydroxylation is 1. The second kappa shape index (κ2) is 8.56. The van der Waals surface area contributed by atoms with E-state index in [-0.39, 0.29) is 16.9 Å². The Morgan fingerprint density at radius 3 is 2.53 bits per heavy atom. The lowest BCUT2D eigenvalue weighted by molar-refractivity contribution is -0.129. The first-order chi connectivity index (χ1) is 16.4. The number of nitrogens with zero attached hydrogens (tertiary/aromatic N) is 1. The molecule has 5 rings (SSSR count). The van der Waals surface area contributed by atoms with Gasteiger partial charge >= 0.3 is 0 Å². The molecule has 0 spiro atoms. The molecule has 2 heterocycles. The van der Waals surface area contributed by atoms with Crippen molar-refractivity contribution in [2.24, 2.45) is 0 Å². The number of rotatable bonds is 6. The van der Waals surface area contributed by atoms with Gasteiger partial charge in [0.1, 0.15) is 5.75 Å².